The molecule has 0 atom stereocenters. The Morgan fingerprint density at radius 2 is 0.883 bits per heavy atom. The van der Waals surface area contributed by atoms with Crippen LogP contribution in [-0.2, 0) is 13.1 Å². The summed E-state index contributed by atoms with van der Waals surface area (Å²) in [5, 5.41) is 21.4. The summed E-state index contributed by atoms with van der Waals surface area (Å²) in [6.45, 7) is 4.47. The molecule has 2 aliphatic heterocycles. The zero-order valence-corrected chi connectivity index (χ0v) is 35.8. The predicted molar refractivity (Wildman–Crippen MR) is 242 cm³/mol. The third-order valence-electron chi connectivity index (χ3n) is 11.4. The highest BCUT2D eigenvalue weighted by molar-refractivity contribution is 6.32. The number of rotatable bonds is 6. The van der Waals surface area contributed by atoms with Gasteiger partial charge in [0.15, 0.2) is 0 Å². The Kier molecular flexibility index (Phi) is 11.7. The van der Waals surface area contributed by atoms with E-state index in [1.807, 2.05) is 69.5 Å². The zero-order chi connectivity index (χ0) is 41.3. The third kappa shape index (κ3) is 8.05. The van der Waals surface area contributed by atoms with E-state index in [4.69, 9.17) is 46.4 Å². The first kappa shape index (κ1) is 40.3. The molecular formula is C44H42Cl4N10O2. The summed E-state index contributed by atoms with van der Waals surface area (Å²) in [7, 11) is 0. The van der Waals surface area contributed by atoms with E-state index in [0.29, 0.717) is 55.5 Å². The SMILES string of the molecule is O=c1c2cc(Cl)ccc2n2c(N3CCCCCC3)nnc2n1Cc1ccc(Cl)cc1.O=c1c2cc(Cl)ccc2n2c(N3CCCCCC3)nnc2n1Cc1cccc(Cl)c1. The van der Waals surface area contributed by atoms with Gasteiger partial charge in [-0.1, -0.05) is 96.4 Å². The summed E-state index contributed by atoms with van der Waals surface area (Å²) in [5.41, 5.74) is 3.15. The second-order valence-electron chi connectivity index (χ2n) is 15.4. The summed E-state index contributed by atoms with van der Waals surface area (Å²) in [6, 6.07) is 25.8. The van der Waals surface area contributed by atoms with Crippen LogP contribution < -0.4 is 20.9 Å². The number of benzene rings is 4. The standard InChI is InChI=1S/2C22H21Cl2N5O/c23-16-7-5-15(6-8-16)14-28-20(30)18-13-17(24)9-10-19(18)29-21(25-26-22(28)29)27-11-3-1-2-4-12-27;23-16-7-5-6-15(12-16)14-28-20(30)18-13-17(24)8-9-19(18)29-21(25-26-22(28)29)27-10-3-1-2-4-11-27/h5-10,13H,1-4,11-12,14H2;5-9,12-13H,1-4,10-11,14H2. The molecule has 0 amide bonds. The maximum Gasteiger partial charge on any atom is 0.263 e. The van der Waals surface area contributed by atoms with E-state index in [-0.39, 0.29) is 11.1 Å². The van der Waals surface area contributed by atoms with E-state index >= 15 is 0 Å². The van der Waals surface area contributed by atoms with Crippen LogP contribution >= 0.6 is 46.4 Å². The van der Waals surface area contributed by atoms with Crippen LogP contribution in [0.15, 0.2) is 94.5 Å². The van der Waals surface area contributed by atoms with Crippen molar-refractivity contribution in [3.05, 3.63) is 137 Å². The minimum atomic E-state index is -0.144. The third-order valence-corrected chi connectivity index (χ3v) is 12.3. The van der Waals surface area contributed by atoms with Crippen LogP contribution in [-0.4, -0.2) is 64.5 Å². The molecule has 4 aromatic carbocycles. The summed E-state index contributed by atoms with van der Waals surface area (Å²) >= 11 is 24.7. The lowest BCUT2D eigenvalue weighted by Crippen LogP contribution is -2.28. The number of hydrogen-bond donors (Lipinski definition) is 0. The molecule has 0 saturated carbocycles. The van der Waals surface area contributed by atoms with E-state index in [1.54, 1.807) is 33.4 Å². The van der Waals surface area contributed by atoms with E-state index in [9.17, 15) is 9.59 Å². The first-order valence-electron chi connectivity index (χ1n) is 20.4. The van der Waals surface area contributed by atoms with Crippen LogP contribution in [0.4, 0.5) is 11.9 Å². The van der Waals surface area contributed by atoms with Crippen molar-refractivity contribution in [3.63, 3.8) is 0 Å². The Hall–Kier alpha value is -5.14. The Balaban J connectivity index is 0.000000154. The minimum absolute atomic E-state index is 0.134. The normalized spacial score (nSPS) is 15.1. The Labute approximate surface area is 365 Å². The first-order chi connectivity index (χ1) is 29.2. The van der Waals surface area contributed by atoms with Gasteiger partial charge < -0.3 is 9.80 Å². The van der Waals surface area contributed by atoms with Gasteiger partial charge >= 0.3 is 0 Å². The molecule has 0 aliphatic carbocycles. The van der Waals surface area contributed by atoms with Gasteiger partial charge in [-0.2, -0.15) is 0 Å². The lowest BCUT2D eigenvalue weighted by atomic mass is 10.2. The summed E-state index contributed by atoms with van der Waals surface area (Å²) in [6.07, 6.45) is 9.41. The van der Waals surface area contributed by atoms with Crippen molar-refractivity contribution in [2.45, 2.75) is 64.5 Å². The molecule has 8 aromatic rings. The fourth-order valence-electron chi connectivity index (χ4n) is 8.36. The molecule has 60 heavy (non-hydrogen) atoms. The van der Waals surface area contributed by atoms with Gasteiger partial charge in [0.05, 0.1) is 34.9 Å². The molecule has 0 unspecified atom stereocenters. The van der Waals surface area contributed by atoms with E-state index in [2.05, 4.69) is 30.2 Å². The van der Waals surface area contributed by atoms with Crippen LogP contribution in [0.1, 0.15) is 62.5 Å². The smallest absolute Gasteiger partial charge is 0.263 e. The molecule has 0 bridgehead atoms. The van der Waals surface area contributed by atoms with Gasteiger partial charge in [0.2, 0.25) is 23.5 Å². The largest absolute Gasteiger partial charge is 0.341 e. The molecule has 4 aromatic heterocycles. The van der Waals surface area contributed by atoms with Crippen LogP contribution in [0.3, 0.4) is 0 Å². The number of fused-ring (bicyclic) bond motifs is 6. The minimum Gasteiger partial charge on any atom is -0.341 e. The van der Waals surface area contributed by atoms with E-state index in [0.717, 1.165) is 85.9 Å². The van der Waals surface area contributed by atoms with Crippen molar-refractivity contribution in [1.82, 2.24) is 38.3 Å². The molecule has 12 nitrogen and oxygen atoms in total. The highest BCUT2D eigenvalue weighted by atomic mass is 35.5. The van der Waals surface area contributed by atoms with Crippen molar-refractivity contribution < 1.29 is 0 Å². The highest BCUT2D eigenvalue weighted by Crippen LogP contribution is 2.27. The molecule has 0 N–H and O–H groups in total. The van der Waals surface area contributed by atoms with Crippen LogP contribution in [0, 0.1) is 0 Å². The van der Waals surface area contributed by atoms with Crippen molar-refractivity contribution in [2.24, 2.45) is 0 Å². The lowest BCUT2D eigenvalue weighted by molar-refractivity contribution is 0.726. The fraction of sp³-hybridized carbons (Fsp3) is 0.318. The second kappa shape index (κ2) is 17.5. The maximum atomic E-state index is 13.4. The molecule has 6 heterocycles. The maximum absolute atomic E-state index is 13.4. The predicted octanol–water partition coefficient (Wildman–Crippen LogP) is 9.56. The zero-order valence-electron chi connectivity index (χ0n) is 32.8. The Morgan fingerprint density at radius 3 is 1.35 bits per heavy atom. The van der Waals surface area contributed by atoms with Crippen LogP contribution in [0.25, 0.3) is 33.4 Å². The Bertz CT molecular complexity index is 2960. The second-order valence-corrected chi connectivity index (χ2v) is 17.2. The van der Waals surface area contributed by atoms with Crippen molar-refractivity contribution >= 4 is 91.7 Å². The number of halogens is 4. The number of hydrogen-bond acceptors (Lipinski definition) is 8. The van der Waals surface area contributed by atoms with Crippen molar-refractivity contribution in [3.8, 4) is 0 Å². The van der Waals surface area contributed by atoms with Crippen LogP contribution in [0.5, 0.6) is 0 Å². The van der Waals surface area contributed by atoms with Gasteiger partial charge in [0, 0.05) is 46.3 Å². The van der Waals surface area contributed by atoms with Gasteiger partial charge in [0.1, 0.15) is 0 Å². The van der Waals surface area contributed by atoms with E-state index < -0.39 is 0 Å². The molecular weight excluding hydrogens is 842 g/mol. The van der Waals surface area contributed by atoms with Gasteiger partial charge in [0.25, 0.3) is 11.1 Å². The van der Waals surface area contributed by atoms with Gasteiger partial charge in [-0.15, -0.1) is 20.4 Å². The molecule has 2 aliphatic rings. The van der Waals surface area contributed by atoms with Gasteiger partial charge in [-0.25, -0.2) is 8.80 Å². The quantitative estimate of drug-likeness (QED) is 0.163. The molecule has 2 saturated heterocycles. The first-order valence-corrected chi connectivity index (χ1v) is 21.9. The number of anilines is 2. The average Bonchev–Trinajstić information content (AvgIpc) is 3.65. The van der Waals surface area contributed by atoms with Crippen molar-refractivity contribution in [1.29, 1.82) is 0 Å². The fourth-order valence-corrected chi connectivity index (χ4v) is 9.05. The van der Waals surface area contributed by atoms with Gasteiger partial charge in [-0.05, 0) is 97.5 Å². The molecule has 10 rings (SSSR count). The highest BCUT2D eigenvalue weighted by Gasteiger charge is 2.23. The summed E-state index contributed by atoms with van der Waals surface area (Å²) in [5.74, 6) is 2.61. The topological polar surface area (TPSA) is 111 Å². The number of aromatic nitrogens is 8. The Morgan fingerprint density at radius 1 is 0.450 bits per heavy atom. The lowest BCUT2D eigenvalue weighted by Gasteiger charge is -2.21. The summed E-state index contributed by atoms with van der Waals surface area (Å²) < 4.78 is 7.30. The monoisotopic (exact) mass is 882 g/mol. The van der Waals surface area contributed by atoms with Crippen LogP contribution in [0.2, 0.25) is 20.1 Å². The molecule has 16 heteroatoms. The van der Waals surface area contributed by atoms with Crippen molar-refractivity contribution in [2.75, 3.05) is 36.0 Å². The molecule has 308 valence electrons. The number of nitrogens with zero attached hydrogens (tertiary/aromatic N) is 10. The van der Waals surface area contributed by atoms with Gasteiger partial charge in [-0.3, -0.25) is 18.7 Å². The molecule has 0 spiro atoms. The van der Waals surface area contributed by atoms with E-state index in [1.165, 1.54) is 25.7 Å². The summed E-state index contributed by atoms with van der Waals surface area (Å²) in [4.78, 5) is 31.3. The average molecular weight is 885 g/mol. The molecule has 0 radical (unpaired) electrons. The molecule has 2 fully saturated rings.